The average molecular weight is 193 g/mol. The van der Waals surface area contributed by atoms with Gasteiger partial charge in [-0.25, -0.2) is 4.79 Å². The molecule has 2 rings (SSSR count). The number of methoxy groups -OCH3 is 1. The molecule has 0 bridgehead atoms. The first-order chi connectivity index (χ1) is 6.72. The van der Waals surface area contributed by atoms with Crippen molar-refractivity contribution in [3.63, 3.8) is 0 Å². The Morgan fingerprint density at radius 1 is 1.50 bits per heavy atom. The molecule has 0 amide bonds. The number of carbonyl (C=O) groups is 2. The molecule has 0 aliphatic heterocycles. The molecule has 0 saturated carbocycles. The van der Waals surface area contributed by atoms with Crippen LogP contribution in [0.3, 0.4) is 0 Å². The fourth-order valence-electron chi connectivity index (χ4n) is 1.72. The van der Waals surface area contributed by atoms with Crippen LogP contribution >= 0.6 is 0 Å². The molecule has 1 aromatic rings. The number of aromatic nitrogens is 1. The fourth-order valence-corrected chi connectivity index (χ4v) is 1.72. The molecule has 1 aromatic heterocycles. The highest BCUT2D eigenvalue weighted by molar-refractivity contribution is 6.00. The van der Waals surface area contributed by atoms with E-state index in [9.17, 15) is 9.59 Å². The van der Waals surface area contributed by atoms with Gasteiger partial charge in [0.1, 0.15) is 5.69 Å². The smallest absolute Gasteiger partial charge is 0.354 e. The monoisotopic (exact) mass is 193 g/mol. The third-order valence-electron chi connectivity index (χ3n) is 2.44. The molecule has 4 nitrogen and oxygen atoms in total. The summed E-state index contributed by atoms with van der Waals surface area (Å²) in [5.74, 6) is -0.315. The van der Waals surface area contributed by atoms with E-state index in [4.69, 9.17) is 0 Å². The van der Waals surface area contributed by atoms with Crippen molar-refractivity contribution in [2.75, 3.05) is 7.11 Å². The summed E-state index contributed by atoms with van der Waals surface area (Å²) in [7, 11) is 1.32. The van der Waals surface area contributed by atoms with E-state index >= 15 is 0 Å². The summed E-state index contributed by atoms with van der Waals surface area (Å²) < 4.78 is 4.57. The minimum atomic E-state index is -0.424. The van der Waals surface area contributed by atoms with Crippen LogP contribution < -0.4 is 0 Å². The molecule has 0 radical (unpaired) electrons. The highest BCUT2D eigenvalue weighted by Crippen LogP contribution is 2.21. The molecule has 0 saturated heterocycles. The second-order valence-corrected chi connectivity index (χ2v) is 3.34. The molecular weight excluding hydrogens is 182 g/mol. The molecule has 74 valence electrons. The first-order valence-corrected chi connectivity index (χ1v) is 4.56. The predicted molar refractivity (Wildman–Crippen MR) is 49.4 cm³/mol. The van der Waals surface area contributed by atoms with Gasteiger partial charge in [-0.1, -0.05) is 0 Å². The molecule has 4 heteroatoms. The van der Waals surface area contributed by atoms with Gasteiger partial charge in [-0.3, -0.25) is 4.79 Å². The summed E-state index contributed by atoms with van der Waals surface area (Å²) in [6.07, 6.45) is 2.26. The molecule has 1 N–H and O–H groups in total. The van der Waals surface area contributed by atoms with Crippen LogP contribution in [0, 0.1) is 0 Å². The summed E-state index contributed by atoms with van der Waals surface area (Å²) in [5.41, 5.74) is 1.88. The van der Waals surface area contributed by atoms with E-state index in [1.165, 1.54) is 7.11 Å². The zero-order chi connectivity index (χ0) is 10.1. The van der Waals surface area contributed by atoms with Crippen molar-refractivity contribution in [3.05, 3.63) is 23.0 Å². The Morgan fingerprint density at radius 2 is 2.29 bits per heavy atom. The van der Waals surface area contributed by atoms with E-state index in [1.54, 1.807) is 6.07 Å². The highest BCUT2D eigenvalue weighted by atomic mass is 16.5. The maximum absolute atomic E-state index is 11.4. The van der Waals surface area contributed by atoms with E-state index in [-0.39, 0.29) is 5.78 Å². The minimum absolute atomic E-state index is 0.109. The molecule has 0 spiro atoms. The lowest BCUT2D eigenvalue weighted by Crippen LogP contribution is -2.08. The number of hydrogen-bond acceptors (Lipinski definition) is 3. The van der Waals surface area contributed by atoms with Gasteiger partial charge >= 0.3 is 5.97 Å². The Morgan fingerprint density at radius 3 is 2.93 bits per heavy atom. The molecule has 1 heterocycles. The third kappa shape index (κ3) is 1.32. The van der Waals surface area contributed by atoms with Crippen molar-refractivity contribution >= 4 is 11.8 Å². The van der Waals surface area contributed by atoms with Crippen molar-refractivity contribution in [3.8, 4) is 0 Å². The average Bonchev–Trinajstić information content (AvgIpc) is 2.62. The summed E-state index contributed by atoms with van der Waals surface area (Å²) >= 11 is 0. The van der Waals surface area contributed by atoms with Crippen molar-refractivity contribution in [1.82, 2.24) is 4.98 Å². The second-order valence-electron chi connectivity index (χ2n) is 3.34. The Kier molecular flexibility index (Phi) is 2.11. The topological polar surface area (TPSA) is 59.2 Å². The van der Waals surface area contributed by atoms with Crippen molar-refractivity contribution in [1.29, 1.82) is 0 Å². The van der Waals surface area contributed by atoms with Gasteiger partial charge in [-0.05, 0) is 18.9 Å². The summed E-state index contributed by atoms with van der Waals surface area (Å²) in [6, 6.07) is 1.59. The number of H-pyrrole nitrogens is 1. The van der Waals surface area contributed by atoms with Crippen LogP contribution in [0.25, 0.3) is 0 Å². The van der Waals surface area contributed by atoms with Gasteiger partial charge in [0, 0.05) is 17.7 Å². The van der Waals surface area contributed by atoms with Gasteiger partial charge < -0.3 is 9.72 Å². The fraction of sp³-hybridized carbons (Fsp3) is 0.400. The number of aryl methyl sites for hydroxylation is 1. The van der Waals surface area contributed by atoms with Crippen LogP contribution in [0.1, 0.15) is 39.4 Å². The van der Waals surface area contributed by atoms with Gasteiger partial charge in [0.15, 0.2) is 5.78 Å². The number of esters is 1. The van der Waals surface area contributed by atoms with Crippen molar-refractivity contribution < 1.29 is 14.3 Å². The van der Waals surface area contributed by atoms with Crippen LogP contribution in [0.4, 0.5) is 0 Å². The van der Waals surface area contributed by atoms with Gasteiger partial charge in [0.05, 0.1) is 7.11 Å². The van der Waals surface area contributed by atoms with Crippen LogP contribution in [-0.2, 0) is 11.2 Å². The van der Waals surface area contributed by atoms with E-state index in [0.29, 0.717) is 17.7 Å². The Labute approximate surface area is 81.3 Å². The van der Waals surface area contributed by atoms with Crippen LogP contribution in [0.5, 0.6) is 0 Å². The zero-order valence-corrected chi connectivity index (χ0v) is 7.92. The SMILES string of the molecule is COC(=O)c1cc2c([nH]1)CCCC2=O. The van der Waals surface area contributed by atoms with Crippen molar-refractivity contribution in [2.45, 2.75) is 19.3 Å². The Balaban J connectivity index is 2.40. The summed E-state index contributed by atoms with van der Waals surface area (Å²) in [4.78, 5) is 25.5. The molecule has 0 unspecified atom stereocenters. The number of ether oxygens (including phenoxy) is 1. The van der Waals surface area contributed by atoms with Crippen LogP contribution in [-0.4, -0.2) is 23.8 Å². The number of nitrogens with one attached hydrogen (secondary N) is 1. The molecular formula is C10H11NO3. The molecule has 1 aliphatic rings. The van der Waals surface area contributed by atoms with Crippen molar-refractivity contribution in [2.24, 2.45) is 0 Å². The van der Waals surface area contributed by atoms with Gasteiger partial charge in [-0.2, -0.15) is 0 Å². The normalized spacial score (nSPS) is 15.1. The molecule has 0 aromatic carbocycles. The highest BCUT2D eigenvalue weighted by Gasteiger charge is 2.22. The molecule has 1 aliphatic carbocycles. The maximum atomic E-state index is 11.4. The third-order valence-corrected chi connectivity index (χ3v) is 2.44. The maximum Gasteiger partial charge on any atom is 0.354 e. The lowest BCUT2D eigenvalue weighted by atomic mass is 9.97. The van der Waals surface area contributed by atoms with Gasteiger partial charge in [0.2, 0.25) is 0 Å². The first-order valence-electron chi connectivity index (χ1n) is 4.56. The Hall–Kier alpha value is -1.58. The van der Waals surface area contributed by atoms with E-state index in [0.717, 1.165) is 18.5 Å². The number of hydrogen-bond donors (Lipinski definition) is 1. The second kappa shape index (κ2) is 3.29. The van der Waals surface area contributed by atoms with Gasteiger partial charge in [-0.15, -0.1) is 0 Å². The lowest BCUT2D eigenvalue weighted by Gasteiger charge is -2.08. The quantitative estimate of drug-likeness (QED) is 0.684. The zero-order valence-electron chi connectivity index (χ0n) is 7.92. The minimum Gasteiger partial charge on any atom is -0.464 e. The summed E-state index contributed by atoms with van der Waals surface area (Å²) in [6.45, 7) is 0. The molecule has 14 heavy (non-hydrogen) atoms. The number of aromatic amines is 1. The van der Waals surface area contributed by atoms with E-state index in [1.807, 2.05) is 0 Å². The molecule has 0 fully saturated rings. The van der Waals surface area contributed by atoms with Crippen LogP contribution in [0.15, 0.2) is 6.07 Å². The predicted octanol–water partition coefficient (Wildman–Crippen LogP) is 1.32. The largest absolute Gasteiger partial charge is 0.464 e. The Bertz CT molecular complexity index is 392. The number of rotatable bonds is 1. The number of fused-ring (bicyclic) bond motifs is 1. The standard InChI is InChI=1S/C10H11NO3/c1-14-10(13)8-5-6-7(11-8)3-2-4-9(6)12/h5,11H,2-4H2,1H3. The van der Waals surface area contributed by atoms with E-state index in [2.05, 4.69) is 9.72 Å². The first kappa shape index (κ1) is 8.99. The number of Topliss-reactive ketones (excluding diaryl/α,β-unsaturated/α-hetero) is 1. The van der Waals surface area contributed by atoms with Crippen LogP contribution in [0.2, 0.25) is 0 Å². The number of carbonyl (C=O) groups excluding carboxylic acids is 2. The molecule has 0 atom stereocenters. The van der Waals surface area contributed by atoms with E-state index < -0.39 is 5.97 Å². The summed E-state index contributed by atoms with van der Waals surface area (Å²) in [5, 5.41) is 0. The lowest BCUT2D eigenvalue weighted by molar-refractivity contribution is 0.0594. The van der Waals surface area contributed by atoms with Gasteiger partial charge in [0.25, 0.3) is 0 Å². The number of ketones is 1.